The van der Waals surface area contributed by atoms with Crippen LogP contribution in [0.5, 0.6) is 11.5 Å². The van der Waals surface area contributed by atoms with Crippen molar-refractivity contribution in [3.8, 4) is 22.3 Å². The molecule has 1 amide bonds. The first-order valence-corrected chi connectivity index (χ1v) is 12.1. The van der Waals surface area contributed by atoms with Crippen molar-refractivity contribution in [3.63, 3.8) is 0 Å². The Morgan fingerprint density at radius 2 is 1.88 bits per heavy atom. The third kappa shape index (κ3) is 4.10. The van der Waals surface area contributed by atoms with Crippen molar-refractivity contribution in [1.82, 2.24) is 14.2 Å². The van der Waals surface area contributed by atoms with Crippen LogP contribution in [0.2, 0.25) is 0 Å². The van der Waals surface area contributed by atoms with E-state index in [4.69, 9.17) is 13.9 Å². The lowest BCUT2D eigenvalue weighted by molar-refractivity contribution is 0.0692. The minimum atomic E-state index is -3.82. The van der Waals surface area contributed by atoms with Crippen molar-refractivity contribution in [3.05, 3.63) is 47.2 Å². The molecule has 0 spiro atoms. The number of methoxy groups -OCH3 is 2. The molecule has 9 nitrogen and oxygen atoms in total. The van der Waals surface area contributed by atoms with Gasteiger partial charge in [-0.05, 0) is 31.2 Å². The third-order valence-corrected chi connectivity index (χ3v) is 8.15. The number of nitrogens with zero attached hydrogens (tertiary/aromatic N) is 3. The summed E-state index contributed by atoms with van der Waals surface area (Å²) in [6.45, 7) is 2.70. The molecule has 0 saturated carbocycles. The fourth-order valence-electron chi connectivity index (χ4n) is 3.51. The topological polar surface area (TPSA) is 102 Å². The maximum atomic E-state index is 13.2. The molecule has 4 rings (SSSR count). The molecule has 11 heteroatoms. The molecule has 1 fully saturated rings. The second-order valence-electron chi connectivity index (χ2n) is 7.11. The van der Waals surface area contributed by atoms with Crippen molar-refractivity contribution >= 4 is 27.3 Å². The number of carbonyl (C=O) groups excluding carboxylic acids is 1. The van der Waals surface area contributed by atoms with Gasteiger partial charge in [0, 0.05) is 37.1 Å². The summed E-state index contributed by atoms with van der Waals surface area (Å²) < 4.78 is 43.6. The number of amides is 1. The molecule has 1 aliphatic rings. The zero-order valence-corrected chi connectivity index (χ0v) is 19.5. The molecule has 170 valence electrons. The van der Waals surface area contributed by atoms with Gasteiger partial charge in [0.2, 0.25) is 10.0 Å². The van der Waals surface area contributed by atoms with Gasteiger partial charge < -0.3 is 18.8 Å². The van der Waals surface area contributed by atoms with Crippen molar-refractivity contribution < 1.29 is 27.1 Å². The van der Waals surface area contributed by atoms with Gasteiger partial charge in [-0.1, -0.05) is 0 Å². The Morgan fingerprint density at radius 3 is 2.50 bits per heavy atom. The third-order valence-electron chi connectivity index (χ3n) is 5.25. The van der Waals surface area contributed by atoms with Crippen LogP contribution in [0, 0.1) is 6.92 Å². The van der Waals surface area contributed by atoms with Crippen LogP contribution in [0.4, 0.5) is 0 Å². The lowest BCUT2D eigenvalue weighted by Crippen LogP contribution is -2.50. The molecule has 0 atom stereocenters. The first-order valence-electron chi connectivity index (χ1n) is 9.88. The molecule has 1 aliphatic heterocycles. The van der Waals surface area contributed by atoms with Crippen LogP contribution in [0.1, 0.15) is 15.4 Å². The van der Waals surface area contributed by atoms with Crippen LogP contribution >= 0.6 is 11.3 Å². The first kappa shape index (κ1) is 22.3. The van der Waals surface area contributed by atoms with E-state index in [1.165, 1.54) is 35.9 Å². The highest BCUT2D eigenvalue weighted by Crippen LogP contribution is 2.32. The predicted octanol–water partition coefficient (Wildman–Crippen LogP) is 2.88. The number of benzene rings is 1. The van der Waals surface area contributed by atoms with Gasteiger partial charge in [-0.2, -0.15) is 4.31 Å². The average Bonchev–Trinajstić information content (AvgIpc) is 3.48. The minimum absolute atomic E-state index is 0.0394. The molecule has 0 N–H and O–H groups in total. The zero-order valence-electron chi connectivity index (χ0n) is 17.9. The Hall–Kier alpha value is -2.89. The van der Waals surface area contributed by atoms with Gasteiger partial charge in [0.25, 0.3) is 5.91 Å². The van der Waals surface area contributed by atoms with Gasteiger partial charge in [-0.3, -0.25) is 4.79 Å². The lowest BCUT2D eigenvalue weighted by Gasteiger charge is -2.34. The molecule has 3 heterocycles. The second-order valence-corrected chi connectivity index (χ2v) is 10.2. The summed E-state index contributed by atoms with van der Waals surface area (Å²) in [5, 5.41) is 0.641. The Balaban J connectivity index is 1.49. The Morgan fingerprint density at radius 1 is 1.12 bits per heavy atom. The Bertz CT molecular complexity index is 1210. The highest BCUT2D eigenvalue weighted by molar-refractivity contribution is 7.89. The van der Waals surface area contributed by atoms with E-state index >= 15 is 0 Å². The highest BCUT2D eigenvalue weighted by atomic mass is 32.2. The quantitative estimate of drug-likeness (QED) is 0.538. The number of ether oxygens (including phenoxy) is 2. The average molecular weight is 478 g/mol. The summed E-state index contributed by atoms with van der Waals surface area (Å²) in [5.41, 5.74) is 0.368. The summed E-state index contributed by atoms with van der Waals surface area (Å²) in [6, 6.07) is 8.21. The van der Waals surface area contributed by atoms with E-state index in [9.17, 15) is 13.2 Å². The van der Waals surface area contributed by atoms with Gasteiger partial charge in [0.15, 0.2) is 10.8 Å². The summed E-state index contributed by atoms with van der Waals surface area (Å²) in [4.78, 5) is 20.0. The molecule has 1 aromatic carbocycles. The van der Waals surface area contributed by atoms with Crippen molar-refractivity contribution in [1.29, 1.82) is 0 Å². The predicted molar refractivity (Wildman–Crippen MR) is 119 cm³/mol. The van der Waals surface area contributed by atoms with Crippen LogP contribution < -0.4 is 9.47 Å². The molecule has 32 heavy (non-hydrogen) atoms. The molecule has 1 saturated heterocycles. The normalized spacial score (nSPS) is 15.0. The van der Waals surface area contributed by atoms with E-state index in [2.05, 4.69) is 4.98 Å². The van der Waals surface area contributed by atoms with E-state index in [0.29, 0.717) is 22.2 Å². The SMILES string of the molecule is COc1ccc(OC)c(S(=O)(=O)N2CCN(C(=O)c3nc(-c4ccco4)sc3C)CC2)c1. The summed E-state index contributed by atoms with van der Waals surface area (Å²) in [6.07, 6.45) is 1.56. The molecule has 0 bridgehead atoms. The number of rotatable bonds is 6. The number of thiazole rings is 1. The minimum Gasteiger partial charge on any atom is -0.497 e. The maximum Gasteiger partial charge on any atom is 0.273 e. The number of carbonyl (C=O) groups is 1. The molecule has 0 aliphatic carbocycles. The van der Waals surface area contributed by atoms with E-state index in [1.807, 2.05) is 6.92 Å². The fourth-order valence-corrected chi connectivity index (χ4v) is 5.97. The van der Waals surface area contributed by atoms with Gasteiger partial charge in [-0.25, -0.2) is 13.4 Å². The smallest absolute Gasteiger partial charge is 0.273 e. The summed E-state index contributed by atoms with van der Waals surface area (Å²) in [7, 11) is -0.927. The monoisotopic (exact) mass is 477 g/mol. The highest BCUT2D eigenvalue weighted by Gasteiger charge is 2.33. The fraction of sp³-hybridized carbons (Fsp3) is 0.333. The van der Waals surface area contributed by atoms with E-state index in [1.54, 1.807) is 35.4 Å². The van der Waals surface area contributed by atoms with Crippen LogP contribution in [-0.2, 0) is 10.0 Å². The van der Waals surface area contributed by atoms with Gasteiger partial charge >= 0.3 is 0 Å². The summed E-state index contributed by atoms with van der Waals surface area (Å²) in [5.74, 6) is 1.06. The first-order chi connectivity index (χ1) is 15.3. The number of aryl methyl sites for hydroxylation is 1. The number of furan rings is 1. The number of piperazine rings is 1. The van der Waals surface area contributed by atoms with Crippen molar-refractivity contribution in [2.45, 2.75) is 11.8 Å². The van der Waals surface area contributed by atoms with Gasteiger partial charge in [0.05, 0.1) is 20.5 Å². The van der Waals surface area contributed by atoms with E-state index in [0.717, 1.165) is 4.88 Å². The van der Waals surface area contributed by atoms with Crippen molar-refractivity contribution in [2.75, 3.05) is 40.4 Å². The number of sulfonamides is 1. The van der Waals surface area contributed by atoms with Gasteiger partial charge in [-0.15, -0.1) is 11.3 Å². The van der Waals surface area contributed by atoms with Crippen LogP contribution in [0.3, 0.4) is 0 Å². The van der Waals surface area contributed by atoms with Crippen LogP contribution in [-0.4, -0.2) is 68.9 Å². The second kappa shape index (κ2) is 8.93. The Labute approximate surface area is 190 Å². The summed E-state index contributed by atoms with van der Waals surface area (Å²) >= 11 is 1.39. The lowest BCUT2D eigenvalue weighted by atomic mass is 10.3. The zero-order chi connectivity index (χ0) is 22.9. The molecule has 0 unspecified atom stereocenters. The molecule has 3 aromatic rings. The van der Waals surface area contributed by atoms with Gasteiger partial charge in [0.1, 0.15) is 22.1 Å². The molecule has 2 aromatic heterocycles. The van der Waals surface area contributed by atoms with Crippen LogP contribution in [0.15, 0.2) is 45.9 Å². The maximum absolute atomic E-state index is 13.2. The number of hydrogen-bond acceptors (Lipinski definition) is 8. The molecular formula is C21H23N3O6S2. The number of hydrogen-bond donors (Lipinski definition) is 0. The largest absolute Gasteiger partial charge is 0.497 e. The Kier molecular flexibility index (Phi) is 6.22. The molecular weight excluding hydrogens is 454 g/mol. The standard InChI is InChI=1S/C21H23N3O6S2/c1-14-19(22-20(31-14)17-5-4-12-30-17)21(25)23-8-10-24(11-9-23)32(26,27)18-13-15(28-2)6-7-16(18)29-3/h4-7,12-13H,8-11H2,1-3H3. The van der Waals surface area contributed by atoms with E-state index < -0.39 is 10.0 Å². The van der Waals surface area contributed by atoms with Crippen molar-refractivity contribution in [2.24, 2.45) is 0 Å². The van der Waals surface area contributed by atoms with Crippen LogP contribution in [0.25, 0.3) is 10.8 Å². The van der Waals surface area contributed by atoms with E-state index in [-0.39, 0.29) is 42.7 Å². The molecule has 0 radical (unpaired) electrons. The number of aromatic nitrogens is 1.